The maximum Gasteiger partial charge on any atom is 0.335 e. The van der Waals surface area contributed by atoms with E-state index in [4.69, 9.17) is 19.3 Å². The van der Waals surface area contributed by atoms with Crippen LogP contribution in [0.4, 0.5) is 5.69 Å². The van der Waals surface area contributed by atoms with E-state index in [0.29, 0.717) is 29.4 Å². The van der Waals surface area contributed by atoms with Crippen molar-refractivity contribution in [2.45, 2.75) is 6.92 Å². The van der Waals surface area contributed by atoms with E-state index in [9.17, 15) is 14.9 Å². The van der Waals surface area contributed by atoms with E-state index in [0.717, 1.165) is 0 Å². The van der Waals surface area contributed by atoms with Crippen LogP contribution in [0.5, 0.6) is 17.2 Å². The highest BCUT2D eigenvalue weighted by Crippen LogP contribution is 2.39. The second kappa shape index (κ2) is 8.14. The van der Waals surface area contributed by atoms with Crippen molar-refractivity contribution in [3.8, 4) is 23.3 Å². The highest BCUT2D eigenvalue weighted by Gasteiger charge is 2.19. The smallest absolute Gasteiger partial charge is 0.335 e. The minimum atomic E-state index is -1.12. The van der Waals surface area contributed by atoms with Crippen LogP contribution in [0.15, 0.2) is 42.0 Å². The zero-order valence-corrected chi connectivity index (χ0v) is 14.9. The van der Waals surface area contributed by atoms with Crippen molar-refractivity contribution in [2.75, 3.05) is 18.7 Å². The van der Waals surface area contributed by atoms with E-state index in [2.05, 4.69) is 5.32 Å². The topological polar surface area (TPSA) is 118 Å². The SMILES string of the molecule is CCOc1cc2c(cc1/C=C(/C#N)C(=O)Nc1cccc(C(=O)O)c1)OCO2. The molecule has 28 heavy (non-hydrogen) atoms. The summed E-state index contributed by atoms with van der Waals surface area (Å²) in [6.07, 6.45) is 1.38. The van der Waals surface area contributed by atoms with Crippen molar-refractivity contribution < 1.29 is 28.9 Å². The number of rotatable bonds is 6. The fraction of sp³-hybridized carbons (Fsp3) is 0.150. The van der Waals surface area contributed by atoms with Crippen LogP contribution in [0.1, 0.15) is 22.8 Å². The number of carbonyl (C=O) groups excluding carboxylic acids is 1. The van der Waals surface area contributed by atoms with Crippen molar-refractivity contribution in [1.29, 1.82) is 5.26 Å². The summed E-state index contributed by atoms with van der Waals surface area (Å²) in [6, 6.07) is 10.9. The second-order valence-corrected chi connectivity index (χ2v) is 5.69. The van der Waals surface area contributed by atoms with Crippen LogP contribution in [-0.4, -0.2) is 30.4 Å². The first-order chi connectivity index (χ1) is 13.5. The van der Waals surface area contributed by atoms with Gasteiger partial charge in [-0.2, -0.15) is 5.26 Å². The fourth-order valence-electron chi connectivity index (χ4n) is 2.56. The van der Waals surface area contributed by atoms with Gasteiger partial charge in [0.25, 0.3) is 5.91 Å². The molecule has 0 radical (unpaired) electrons. The minimum absolute atomic E-state index is 0.0229. The number of nitriles is 1. The molecule has 8 nitrogen and oxygen atoms in total. The Bertz CT molecular complexity index is 1010. The highest BCUT2D eigenvalue weighted by molar-refractivity contribution is 6.10. The summed E-state index contributed by atoms with van der Waals surface area (Å²) in [6.45, 7) is 2.28. The Kier molecular flexibility index (Phi) is 5.46. The molecule has 1 aliphatic heterocycles. The lowest BCUT2D eigenvalue weighted by atomic mass is 10.1. The van der Waals surface area contributed by atoms with Crippen molar-refractivity contribution in [2.24, 2.45) is 0 Å². The molecule has 2 N–H and O–H groups in total. The van der Waals surface area contributed by atoms with Crippen LogP contribution >= 0.6 is 0 Å². The van der Waals surface area contributed by atoms with Crippen LogP contribution in [0, 0.1) is 11.3 Å². The molecule has 0 fully saturated rings. The lowest BCUT2D eigenvalue weighted by molar-refractivity contribution is -0.112. The molecule has 8 heteroatoms. The summed E-state index contributed by atoms with van der Waals surface area (Å²) >= 11 is 0. The fourth-order valence-corrected chi connectivity index (χ4v) is 2.56. The molecule has 2 aromatic rings. The van der Waals surface area contributed by atoms with Gasteiger partial charge in [-0.25, -0.2) is 4.79 Å². The summed E-state index contributed by atoms with van der Waals surface area (Å²) in [5.41, 5.74) is 0.592. The Balaban J connectivity index is 1.90. The number of benzene rings is 2. The van der Waals surface area contributed by atoms with Gasteiger partial charge in [0.2, 0.25) is 6.79 Å². The number of nitrogens with zero attached hydrogens (tertiary/aromatic N) is 1. The number of amides is 1. The summed E-state index contributed by atoms with van der Waals surface area (Å²) in [5, 5.41) is 21.0. The number of hydrogen-bond donors (Lipinski definition) is 2. The van der Waals surface area contributed by atoms with E-state index in [1.165, 1.54) is 30.3 Å². The van der Waals surface area contributed by atoms with E-state index >= 15 is 0 Å². The molecule has 0 aliphatic carbocycles. The molecule has 0 atom stereocenters. The number of carboxylic acid groups (broad SMARTS) is 1. The van der Waals surface area contributed by atoms with Crippen LogP contribution in [0.2, 0.25) is 0 Å². The third kappa shape index (κ3) is 4.04. The van der Waals surface area contributed by atoms with Gasteiger partial charge < -0.3 is 24.6 Å². The van der Waals surface area contributed by atoms with Crippen LogP contribution in [0.3, 0.4) is 0 Å². The lowest BCUT2D eigenvalue weighted by Gasteiger charge is -2.10. The number of carbonyl (C=O) groups is 2. The summed E-state index contributed by atoms with van der Waals surface area (Å²) in [4.78, 5) is 23.5. The molecule has 1 amide bonds. The number of fused-ring (bicyclic) bond motifs is 1. The summed E-state index contributed by atoms with van der Waals surface area (Å²) < 4.78 is 16.2. The van der Waals surface area contributed by atoms with E-state index in [1.807, 2.05) is 13.0 Å². The third-order valence-electron chi connectivity index (χ3n) is 3.84. The Morgan fingerprint density at radius 3 is 2.71 bits per heavy atom. The second-order valence-electron chi connectivity index (χ2n) is 5.69. The number of ether oxygens (including phenoxy) is 3. The molecule has 0 aromatic heterocycles. The standard InChI is InChI=1S/C20H16N2O6/c1-2-26-16-9-18-17(27-11-28-18)8-13(16)6-14(10-21)19(23)22-15-5-3-4-12(7-15)20(24)25/h3-9H,2,11H2,1H3,(H,22,23)(H,24,25)/b14-6-. The lowest BCUT2D eigenvalue weighted by Crippen LogP contribution is -2.14. The number of anilines is 1. The molecule has 1 heterocycles. The van der Waals surface area contributed by atoms with Crippen LogP contribution in [0.25, 0.3) is 6.08 Å². The quantitative estimate of drug-likeness (QED) is 0.584. The summed E-state index contributed by atoms with van der Waals surface area (Å²) in [7, 11) is 0. The van der Waals surface area contributed by atoms with Crippen molar-refractivity contribution in [3.63, 3.8) is 0 Å². The molecular weight excluding hydrogens is 364 g/mol. The Labute approximate surface area is 160 Å². The molecule has 1 aliphatic rings. The van der Waals surface area contributed by atoms with Crippen LogP contribution in [-0.2, 0) is 4.79 Å². The predicted octanol–water partition coefficient (Wildman–Crippen LogP) is 3.06. The highest BCUT2D eigenvalue weighted by atomic mass is 16.7. The Hall–Kier alpha value is -3.99. The van der Waals surface area contributed by atoms with E-state index in [1.54, 1.807) is 12.1 Å². The largest absolute Gasteiger partial charge is 0.493 e. The Morgan fingerprint density at radius 2 is 2.04 bits per heavy atom. The first kappa shape index (κ1) is 18.8. The maximum atomic E-state index is 12.5. The molecule has 0 saturated carbocycles. The molecular formula is C20H16N2O6. The average Bonchev–Trinajstić information content (AvgIpc) is 3.13. The van der Waals surface area contributed by atoms with E-state index < -0.39 is 11.9 Å². The molecule has 0 spiro atoms. The first-order valence-corrected chi connectivity index (χ1v) is 8.34. The molecule has 3 rings (SSSR count). The van der Waals surface area contributed by atoms with Gasteiger partial charge in [-0.15, -0.1) is 0 Å². The number of aromatic carboxylic acids is 1. The predicted molar refractivity (Wildman–Crippen MR) is 99.4 cm³/mol. The number of nitrogens with one attached hydrogen (secondary N) is 1. The van der Waals surface area contributed by atoms with Gasteiger partial charge in [0.15, 0.2) is 11.5 Å². The zero-order chi connectivity index (χ0) is 20.1. The van der Waals surface area contributed by atoms with Gasteiger partial charge in [-0.1, -0.05) is 6.07 Å². The van der Waals surface area contributed by atoms with Gasteiger partial charge in [-0.05, 0) is 37.3 Å². The van der Waals surface area contributed by atoms with Crippen LogP contribution < -0.4 is 19.5 Å². The first-order valence-electron chi connectivity index (χ1n) is 8.34. The molecule has 0 unspecified atom stereocenters. The molecule has 0 saturated heterocycles. The van der Waals surface area contributed by atoms with Gasteiger partial charge >= 0.3 is 5.97 Å². The minimum Gasteiger partial charge on any atom is -0.493 e. The Morgan fingerprint density at radius 1 is 1.29 bits per heavy atom. The average molecular weight is 380 g/mol. The van der Waals surface area contributed by atoms with E-state index in [-0.39, 0.29) is 23.6 Å². The van der Waals surface area contributed by atoms with Gasteiger partial charge in [-0.3, -0.25) is 4.79 Å². The molecule has 2 aromatic carbocycles. The maximum absolute atomic E-state index is 12.5. The van der Waals surface area contributed by atoms with Gasteiger partial charge in [0, 0.05) is 17.3 Å². The van der Waals surface area contributed by atoms with Gasteiger partial charge in [0.05, 0.1) is 12.2 Å². The summed E-state index contributed by atoms with van der Waals surface area (Å²) in [5.74, 6) is -0.338. The molecule has 142 valence electrons. The third-order valence-corrected chi connectivity index (χ3v) is 3.84. The zero-order valence-electron chi connectivity index (χ0n) is 14.9. The number of carboxylic acids is 1. The van der Waals surface area contributed by atoms with Crippen molar-refractivity contribution in [1.82, 2.24) is 0 Å². The number of hydrogen-bond acceptors (Lipinski definition) is 6. The molecule has 0 bridgehead atoms. The normalized spacial score (nSPS) is 12.2. The van der Waals surface area contributed by atoms with Crippen molar-refractivity contribution in [3.05, 3.63) is 53.1 Å². The van der Waals surface area contributed by atoms with Gasteiger partial charge in [0.1, 0.15) is 17.4 Å². The van der Waals surface area contributed by atoms with Crippen molar-refractivity contribution >= 4 is 23.6 Å². The monoisotopic (exact) mass is 380 g/mol.